The summed E-state index contributed by atoms with van der Waals surface area (Å²) in [4.78, 5) is 7.26. The SMILES string of the molecule is NC(O)/C(=C/n1cnc(-c2cc(C(F)(F)F)cc(C(F)(F)F)c2)n1)c1ccncc1F. The van der Waals surface area contributed by atoms with Crippen molar-refractivity contribution in [2.45, 2.75) is 18.6 Å². The van der Waals surface area contributed by atoms with Crippen molar-refractivity contribution >= 4 is 11.8 Å². The molecule has 2 aromatic heterocycles. The van der Waals surface area contributed by atoms with Crippen LogP contribution in [0.2, 0.25) is 0 Å². The lowest BCUT2D eigenvalue weighted by atomic mass is 10.0. The Morgan fingerprint density at radius 1 is 1.06 bits per heavy atom. The van der Waals surface area contributed by atoms with Crippen molar-refractivity contribution in [1.82, 2.24) is 19.7 Å². The van der Waals surface area contributed by atoms with E-state index in [-0.39, 0.29) is 17.2 Å². The minimum atomic E-state index is -5.03. The van der Waals surface area contributed by atoms with E-state index < -0.39 is 46.9 Å². The van der Waals surface area contributed by atoms with Crippen LogP contribution in [0.5, 0.6) is 0 Å². The quantitative estimate of drug-likeness (QED) is 0.469. The fourth-order valence-electron chi connectivity index (χ4n) is 2.61. The van der Waals surface area contributed by atoms with Crippen LogP contribution in [0.25, 0.3) is 23.2 Å². The Hall–Kier alpha value is -3.32. The molecule has 31 heavy (non-hydrogen) atoms. The molecule has 0 spiro atoms. The van der Waals surface area contributed by atoms with E-state index in [1.54, 1.807) is 0 Å². The minimum Gasteiger partial charge on any atom is -0.374 e. The number of hydrogen-bond acceptors (Lipinski definition) is 5. The first-order valence-electron chi connectivity index (χ1n) is 8.32. The predicted molar refractivity (Wildman–Crippen MR) is 94.0 cm³/mol. The second-order valence-corrected chi connectivity index (χ2v) is 6.23. The highest BCUT2D eigenvalue weighted by Crippen LogP contribution is 2.38. The number of aromatic nitrogens is 4. The molecule has 3 N–H and O–H groups in total. The monoisotopic (exact) mass is 447 g/mol. The van der Waals surface area contributed by atoms with Gasteiger partial charge < -0.3 is 10.8 Å². The highest BCUT2D eigenvalue weighted by Gasteiger charge is 2.37. The van der Waals surface area contributed by atoms with E-state index in [9.17, 15) is 35.8 Å². The van der Waals surface area contributed by atoms with Crippen molar-refractivity contribution in [3.05, 3.63) is 65.5 Å². The number of nitrogens with two attached hydrogens (primary N) is 1. The molecule has 13 heteroatoms. The molecule has 0 aliphatic heterocycles. The molecule has 6 nitrogen and oxygen atoms in total. The summed E-state index contributed by atoms with van der Waals surface area (Å²) in [5.41, 5.74) is 1.51. The Balaban J connectivity index is 2.07. The minimum absolute atomic E-state index is 0.0184. The van der Waals surface area contributed by atoms with Gasteiger partial charge >= 0.3 is 12.4 Å². The van der Waals surface area contributed by atoms with Crippen LogP contribution in [0.4, 0.5) is 30.7 Å². The largest absolute Gasteiger partial charge is 0.416 e. The normalized spacial score (nSPS) is 14.0. The summed E-state index contributed by atoms with van der Waals surface area (Å²) in [6.07, 6.45) is -7.69. The number of pyridine rings is 1. The van der Waals surface area contributed by atoms with Crippen LogP contribution in [0.1, 0.15) is 16.7 Å². The van der Waals surface area contributed by atoms with Crippen molar-refractivity contribution in [2.75, 3.05) is 0 Å². The third kappa shape index (κ3) is 5.06. The fourth-order valence-corrected chi connectivity index (χ4v) is 2.61. The number of nitrogens with zero attached hydrogens (tertiary/aromatic N) is 4. The standard InChI is InChI=1S/C18H12F7N5O/c19-14-6-27-2-1-12(14)13(15(26)31)7-30-8-28-16(29-30)9-3-10(17(20,21)22)5-11(4-9)18(23,24)25/h1-8,15,31H,26H2/b13-7+. The van der Waals surface area contributed by atoms with Gasteiger partial charge in [-0.05, 0) is 24.3 Å². The third-order valence-electron chi connectivity index (χ3n) is 4.03. The van der Waals surface area contributed by atoms with Gasteiger partial charge in [-0.25, -0.2) is 14.1 Å². The van der Waals surface area contributed by atoms with Gasteiger partial charge in [0.1, 0.15) is 18.4 Å². The summed E-state index contributed by atoms with van der Waals surface area (Å²) in [6.45, 7) is 0. The third-order valence-corrected chi connectivity index (χ3v) is 4.03. The number of aliphatic hydroxyl groups is 1. The van der Waals surface area contributed by atoms with Crippen LogP contribution in [0, 0.1) is 5.82 Å². The summed E-state index contributed by atoms with van der Waals surface area (Å²) in [7, 11) is 0. The van der Waals surface area contributed by atoms with Gasteiger partial charge in [0.2, 0.25) is 0 Å². The van der Waals surface area contributed by atoms with Crippen molar-refractivity contribution < 1.29 is 35.8 Å². The molecule has 0 saturated heterocycles. The fraction of sp³-hybridized carbons (Fsp3) is 0.167. The average molecular weight is 447 g/mol. The molecule has 0 bridgehead atoms. The molecule has 1 aromatic carbocycles. The number of hydrogen-bond donors (Lipinski definition) is 2. The van der Waals surface area contributed by atoms with Gasteiger partial charge in [0, 0.05) is 29.1 Å². The number of benzene rings is 1. The molecule has 0 fully saturated rings. The first-order chi connectivity index (χ1) is 14.4. The molecule has 0 aliphatic carbocycles. The van der Waals surface area contributed by atoms with Crippen LogP contribution in [0.15, 0.2) is 43.0 Å². The summed E-state index contributed by atoms with van der Waals surface area (Å²) in [5, 5.41) is 13.5. The highest BCUT2D eigenvalue weighted by atomic mass is 19.4. The molecule has 0 radical (unpaired) electrons. The van der Waals surface area contributed by atoms with Gasteiger partial charge in [0.15, 0.2) is 5.82 Å². The summed E-state index contributed by atoms with van der Waals surface area (Å²) in [5.74, 6) is -1.29. The predicted octanol–water partition coefficient (Wildman–Crippen LogP) is 3.79. The molecule has 3 aromatic rings. The maximum absolute atomic E-state index is 14.0. The van der Waals surface area contributed by atoms with Crippen molar-refractivity contribution in [3.8, 4) is 11.4 Å². The molecular weight excluding hydrogens is 435 g/mol. The van der Waals surface area contributed by atoms with Gasteiger partial charge in [0.05, 0.1) is 17.3 Å². The Bertz CT molecular complexity index is 1090. The van der Waals surface area contributed by atoms with Gasteiger partial charge in [0.25, 0.3) is 0 Å². The van der Waals surface area contributed by atoms with E-state index in [1.807, 2.05) is 0 Å². The topological polar surface area (TPSA) is 89.8 Å². The van der Waals surface area contributed by atoms with E-state index in [4.69, 9.17) is 5.73 Å². The average Bonchev–Trinajstić information content (AvgIpc) is 3.14. The lowest BCUT2D eigenvalue weighted by Crippen LogP contribution is -2.21. The maximum Gasteiger partial charge on any atom is 0.416 e. The van der Waals surface area contributed by atoms with Crippen LogP contribution < -0.4 is 5.73 Å². The smallest absolute Gasteiger partial charge is 0.374 e. The van der Waals surface area contributed by atoms with E-state index in [1.165, 1.54) is 12.3 Å². The zero-order valence-corrected chi connectivity index (χ0v) is 15.2. The van der Waals surface area contributed by atoms with Crippen molar-refractivity contribution in [3.63, 3.8) is 0 Å². The van der Waals surface area contributed by atoms with Crippen molar-refractivity contribution in [2.24, 2.45) is 5.73 Å². The molecular formula is C18H12F7N5O. The Labute approximate surface area is 169 Å². The molecule has 0 saturated carbocycles. The first kappa shape index (κ1) is 22.4. The summed E-state index contributed by atoms with van der Waals surface area (Å²) < 4.78 is 93.1. The number of alkyl halides is 6. The number of halogens is 7. The van der Waals surface area contributed by atoms with Crippen LogP contribution >= 0.6 is 0 Å². The Morgan fingerprint density at radius 2 is 1.68 bits per heavy atom. The second-order valence-electron chi connectivity index (χ2n) is 6.23. The molecule has 1 unspecified atom stereocenters. The van der Waals surface area contributed by atoms with Gasteiger partial charge in [-0.1, -0.05) is 0 Å². The molecule has 2 heterocycles. The molecule has 1 atom stereocenters. The van der Waals surface area contributed by atoms with E-state index in [0.29, 0.717) is 12.1 Å². The van der Waals surface area contributed by atoms with E-state index in [0.717, 1.165) is 23.4 Å². The Morgan fingerprint density at radius 3 is 2.19 bits per heavy atom. The molecule has 0 amide bonds. The summed E-state index contributed by atoms with van der Waals surface area (Å²) >= 11 is 0. The Kier molecular flexibility index (Phi) is 5.83. The number of rotatable bonds is 4. The highest BCUT2D eigenvalue weighted by molar-refractivity contribution is 5.77. The zero-order chi connectivity index (χ0) is 23.0. The van der Waals surface area contributed by atoms with Crippen LogP contribution in [-0.2, 0) is 12.4 Å². The molecule has 164 valence electrons. The number of aliphatic hydroxyl groups excluding tert-OH is 1. The first-order valence-corrected chi connectivity index (χ1v) is 8.32. The molecule has 3 rings (SSSR count). The van der Waals surface area contributed by atoms with Gasteiger partial charge in [-0.3, -0.25) is 4.98 Å². The lowest BCUT2D eigenvalue weighted by molar-refractivity contribution is -0.143. The van der Waals surface area contributed by atoms with Crippen molar-refractivity contribution in [1.29, 1.82) is 0 Å². The van der Waals surface area contributed by atoms with Gasteiger partial charge in [-0.2, -0.15) is 26.3 Å². The zero-order valence-electron chi connectivity index (χ0n) is 15.2. The maximum atomic E-state index is 14.0. The summed E-state index contributed by atoms with van der Waals surface area (Å²) in [6, 6.07) is 2.13. The molecule has 0 aliphatic rings. The van der Waals surface area contributed by atoms with Crippen LogP contribution in [0.3, 0.4) is 0 Å². The lowest BCUT2D eigenvalue weighted by Gasteiger charge is -2.13. The van der Waals surface area contributed by atoms with Gasteiger partial charge in [-0.15, -0.1) is 5.10 Å². The second kappa shape index (κ2) is 8.07. The van der Waals surface area contributed by atoms with Crippen LogP contribution in [-0.4, -0.2) is 31.1 Å². The van der Waals surface area contributed by atoms with E-state index >= 15 is 0 Å². The van der Waals surface area contributed by atoms with E-state index in [2.05, 4.69) is 15.1 Å².